The number of ether oxygens (including phenoxy) is 1. The zero-order chi connectivity index (χ0) is 16.8. The fraction of sp³-hybridized carbons (Fsp3) is 0.167. The molecule has 3 aromatic rings. The maximum atomic E-state index is 13.6. The number of carbonyl (C=O) groups is 1. The van der Waals surface area contributed by atoms with E-state index in [1.165, 1.54) is 17.0 Å². The second kappa shape index (κ2) is 7.50. The molecule has 0 N–H and O–H groups in total. The van der Waals surface area contributed by atoms with Crippen LogP contribution in [0.3, 0.4) is 0 Å². The molecule has 0 saturated carbocycles. The van der Waals surface area contributed by atoms with Gasteiger partial charge in [0.25, 0.3) is 5.91 Å². The predicted octanol–water partition coefficient (Wildman–Crippen LogP) is 3.62. The Hall–Kier alpha value is -3.02. The van der Waals surface area contributed by atoms with Gasteiger partial charge in [-0.2, -0.15) is 0 Å². The van der Waals surface area contributed by atoms with Crippen molar-refractivity contribution in [1.29, 1.82) is 0 Å². The predicted molar refractivity (Wildman–Crippen MR) is 83.6 cm³/mol. The molecule has 0 saturated heterocycles. The van der Waals surface area contributed by atoms with Gasteiger partial charge in [-0.25, -0.2) is 4.39 Å². The smallest absolute Gasteiger partial charge is 0.261 e. The van der Waals surface area contributed by atoms with Crippen molar-refractivity contribution < 1.29 is 22.8 Å². The lowest BCUT2D eigenvalue weighted by Crippen LogP contribution is -2.34. The Labute approximate surface area is 138 Å². The number of nitrogens with zero attached hydrogens (tertiary/aromatic N) is 1. The number of hydrogen-bond donors (Lipinski definition) is 0. The molecule has 1 aromatic carbocycles. The summed E-state index contributed by atoms with van der Waals surface area (Å²) in [5.74, 6) is 0.517. The van der Waals surface area contributed by atoms with Crippen LogP contribution in [0.1, 0.15) is 11.5 Å². The van der Waals surface area contributed by atoms with Crippen LogP contribution in [0.4, 0.5) is 4.39 Å². The number of furan rings is 2. The maximum absolute atomic E-state index is 13.6. The number of hydrogen-bond acceptors (Lipinski definition) is 4. The number of rotatable bonds is 7. The van der Waals surface area contributed by atoms with E-state index in [2.05, 4.69) is 0 Å². The van der Waals surface area contributed by atoms with Gasteiger partial charge in [-0.1, -0.05) is 12.1 Å². The molecule has 2 aromatic heterocycles. The molecule has 0 radical (unpaired) electrons. The van der Waals surface area contributed by atoms with Crippen LogP contribution in [0, 0.1) is 5.82 Å². The number of carbonyl (C=O) groups excluding carboxylic acids is 1. The molecule has 124 valence electrons. The van der Waals surface area contributed by atoms with Crippen LogP contribution >= 0.6 is 0 Å². The first-order valence-corrected chi connectivity index (χ1v) is 7.42. The molecule has 0 atom stereocenters. The average molecular weight is 329 g/mol. The lowest BCUT2D eigenvalue weighted by molar-refractivity contribution is -0.135. The highest BCUT2D eigenvalue weighted by molar-refractivity contribution is 5.77. The van der Waals surface area contributed by atoms with Gasteiger partial charge in [0.1, 0.15) is 11.5 Å². The Morgan fingerprint density at radius 2 is 1.58 bits per heavy atom. The number of para-hydroxylation sites is 1. The average Bonchev–Trinajstić information content (AvgIpc) is 3.27. The van der Waals surface area contributed by atoms with Gasteiger partial charge in [0.05, 0.1) is 25.6 Å². The van der Waals surface area contributed by atoms with Crippen molar-refractivity contribution >= 4 is 5.91 Å². The van der Waals surface area contributed by atoms with Crippen molar-refractivity contribution in [2.45, 2.75) is 13.1 Å². The normalized spacial score (nSPS) is 10.5. The van der Waals surface area contributed by atoms with Gasteiger partial charge in [0.15, 0.2) is 18.2 Å². The summed E-state index contributed by atoms with van der Waals surface area (Å²) in [6, 6.07) is 13.0. The van der Waals surface area contributed by atoms with E-state index in [0.717, 1.165) is 0 Å². The first-order chi connectivity index (χ1) is 11.7. The van der Waals surface area contributed by atoms with E-state index in [1.54, 1.807) is 48.9 Å². The molecule has 1 amide bonds. The van der Waals surface area contributed by atoms with Crippen LogP contribution in [0.25, 0.3) is 0 Å². The highest BCUT2D eigenvalue weighted by atomic mass is 19.1. The van der Waals surface area contributed by atoms with Gasteiger partial charge >= 0.3 is 0 Å². The maximum Gasteiger partial charge on any atom is 0.261 e. The molecule has 0 aliphatic heterocycles. The Kier molecular flexibility index (Phi) is 4.96. The van der Waals surface area contributed by atoms with E-state index in [9.17, 15) is 9.18 Å². The summed E-state index contributed by atoms with van der Waals surface area (Å²) in [4.78, 5) is 14.0. The fourth-order valence-corrected chi connectivity index (χ4v) is 2.21. The first kappa shape index (κ1) is 15.9. The number of amides is 1. The molecular formula is C18H16FNO4. The quantitative estimate of drug-likeness (QED) is 0.664. The van der Waals surface area contributed by atoms with Gasteiger partial charge in [-0.15, -0.1) is 0 Å². The third kappa shape index (κ3) is 4.04. The van der Waals surface area contributed by atoms with Crippen molar-refractivity contribution in [2.75, 3.05) is 6.61 Å². The SMILES string of the molecule is O=C(COc1ccccc1F)N(Cc1ccco1)Cc1ccco1. The standard InChI is InChI=1S/C18H16FNO4/c19-16-7-1-2-8-17(16)24-13-18(21)20(11-14-5-3-9-22-14)12-15-6-4-10-23-15/h1-10H,11-13H2. The molecule has 24 heavy (non-hydrogen) atoms. The molecule has 0 fully saturated rings. The van der Waals surface area contributed by atoms with Gasteiger partial charge in [0.2, 0.25) is 0 Å². The highest BCUT2D eigenvalue weighted by Crippen LogP contribution is 2.16. The lowest BCUT2D eigenvalue weighted by atomic mass is 10.3. The topological polar surface area (TPSA) is 55.8 Å². The molecule has 2 heterocycles. The van der Waals surface area contributed by atoms with Gasteiger partial charge < -0.3 is 18.5 Å². The third-order valence-electron chi connectivity index (χ3n) is 3.39. The Balaban J connectivity index is 1.67. The summed E-state index contributed by atoms with van der Waals surface area (Å²) in [5, 5.41) is 0. The monoisotopic (exact) mass is 329 g/mol. The van der Waals surface area contributed by atoms with Crippen LogP contribution in [0.5, 0.6) is 5.75 Å². The van der Waals surface area contributed by atoms with Crippen LogP contribution in [-0.4, -0.2) is 17.4 Å². The summed E-state index contributed by atoms with van der Waals surface area (Å²) in [6.07, 6.45) is 3.08. The van der Waals surface area contributed by atoms with E-state index in [1.807, 2.05) is 0 Å². The molecule has 0 aliphatic carbocycles. The molecule has 3 rings (SSSR count). The van der Waals surface area contributed by atoms with Crippen LogP contribution in [0.2, 0.25) is 0 Å². The van der Waals surface area contributed by atoms with Gasteiger partial charge in [-0.3, -0.25) is 4.79 Å². The van der Waals surface area contributed by atoms with E-state index < -0.39 is 5.82 Å². The minimum atomic E-state index is -0.506. The van der Waals surface area contributed by atoms with E-state index in [-0.39, 0.29) is 31.4 Å². The molecule has 5 nitrogen and oxygen atoms in total. The van der Waals surface area contributed by atoms with Crippen molar-refractivity contribution in [3.63, 3.8) is 0 Å². The van der Waals surface area contributed by atoms with E-state index >= 15 is 0 Å². The molecule has 0 aliphatic rings. The Morgan fingerprint density at radius 3 is 2.12 bits per heavy atom. The van der Waals surface area contributed by atoms with Crippen LogP contribution in [-0.2, 0) is 17.9 Å². The molecule has 0 bridgehead atoms. The molecule has 0 unspecified atom stereocenters. The lowest BCUT2D eigenvalue weighted by Gasteiger charge is -2.20. The summed E-state index contributed by atoms with van der Waals surface area (Å²) < 4.78 is 29.4. The van der Waals surface area contributed by atoms with Crippen molar-refractivity contribution in [2.24, 2.45) is 0 Å². The highest BCUT2D eigenvalue weighted by Gasteiger charge is 2.18. The number of benzene rings is 1. The van der Waals surface area contributed by atoms with Crippen molar-refractivity contribution in [3.05, 3.63) is 78.4 Å². The summed E-state index contributed by atoms with van der Waals surface area (Å²) >= 11 is 0. The Morgan fingerprint density at radius 1 is 0.958 bits per heavy atom. The zero-order valence-corrected chi connectivity index (χ0v) is 12.9. The van der Waals surface area contributed by atoms with Crippen LogP contribution < -0.4 is 4.74 Å². The third-order valence-corrected chi connectivity index (χ3v) is 3.39. The fourth-order valence-electron chi connectivity index (χ4n) is 2.21. The first-order valence-electron chi connectivity index (χ1n) is 7.42. The number of halogens is 1. The largest absolute Gasteiger partial charge is 0.481 e. The molecular weight excluding hydrogens is 313 g/mol. The van der Waals surface area contributed by atoms with E-state index in [0.29, 0.717) is 11.5 Å². The zero-order valence-electron chi connectivity index (χ0n) is 12.9. The second-order valence-electron chi connectivity index (χ2n) is 5.13. The van der Waals surface area contributed by atoms with Crippen molar-refractivity contribution in [1.82, 2.24) is 4.90 Å². The minimum absolute atomic E-state index is 0.0433. The summed E-state index contributed by atoms with van der Waals surface area (Å²) in [6.45, 7) is 0.267. The molecule has 6 heteroatoms. The van der Waals surface area contributed by atoms with Crippen molar-refractivity contribution in [3.8, 4) is 5.75 Å². The minimum Gasteiger partial charge on any atom is -0.481 e. The summed E-state index contributed by atoms with van der Waals surface area (Å²) in [7, 11) is 0. The Bertz CT molecular complexity index is 732. The van der Waals surface area contributed by atoms with E-state index in [4.69, 9.17) is 13.6 Å². The second-order valence-corrected chi connectivity index (χ2v) is 5.13. The van der Waals surface area contributed by atoms with Crippen LogP contribution in [0.15, 0.2) is 69.9 Å². The van der Waals surface area contributed by atoms with Gasteiger partial charge in [-0.05, 0) is 36.4 Å². The summed E-state index contributed by atoms with van der Waals surface area (Å²) in [5.41, 5.74) is 0. The van der Waals surface area contributed by atoms with Gasteiger partial charge in [0, 0.05) is 0 Å². The molecule has 0 spiro atoms.